The fraction of sp³-hybridized carbons (Fsp3) is 0.273. The number of alkyl carbamates (subject to hydrolysis) is 1. The van der Waals surface area contributed by atoms with Crippen molar-refractivity contribution in [1.29, 1.82) is 0 Å². The van der Waals surface area contributed by atoms with E-state index in [1.165, 1.54) is 0 Å². The Labute approximate surface area is 104 Å². The highest BCUT2D eigenvalue weighted by atomic mass is 35.5. The molecule has 6 heteroatoms. The third kappa shape index (κ3) is 5.21. The van der Waals surface area contributed by atoms with Gasteiger partial charge in [0.05, 0.1) is 0 Å². The summed E-state index contributed by atoms with van der Waals surface area (Å²) in [5, 5.41) is 3.14. The number of carbonyl (C=O) groups is 2. The summed E-state index contributed by atoms with van der Waals surface area (Å²) >= 11 is 5.94. The monoisotopic (exact) mass is 256 g/mol. The smallest absolute Gasteiger partial charge is 0.407 e. The topological polar surface area (TPSA) is 81.4 Å². The molecular weight excluding hydrogens is 244 g/mol. The van der Waals surface area contributed by atoms with E-state index in [2.05, 4.69) is 10.1 Å². The summed E-state index contributed by atoms with van der Waals surface area (Å²) in [7, 11) is 0. The Bertz CT molecular complexity index is 409. The lowest BCUT2D eigenvalue weighted by Gasteiger charge is -2.06. The van der Waals surface area contributed by atoms with Crippen LogP contribution in [0.25, 0.3) is 0 Å². The Kier molecular flexibility index (Phi) is 5.29. The van der Waals surface area contributed by atoms with Gasteiger partial charge in [0.25, 0.3) is 5.91 Å². The van der Waals surface area contributed by atoms with Crippen molar-refractivity contribution in [3.63, 3.8) is 0 Å². The lowest BCUT2D eigenvalue weighted by atomic mass is 10.1. The molecule has 1 aromatic carbocycles. The van der Waals surface area contributed by atoms with E-state index in [0.717, 1.165) is 5.56 Å². The molecule has 92 valence electrons. The minimum atomic E-state index is -0.689. The lowest BCUT2D eigenvalue weighted by molar-refractivity contribution is -0.120. The first-order valence-corrected chi connectivity index (χ1v) is 5.39. The molecule has 0 heterocycles. The number of rotatable bonds is 5. The van der Waals surface area contributed by atoms with Crippen molar-refractivity contribution >= 4 is 23.6 Å². The largest absolute Gasteiger partial charge is 0.439 e. The van der Waals surface area contributed by atoms with E-state index >= 15 is 0 Å². The molecule has 0 bridgehead atoms. The van der Waals surface area contributed by atoms with Gasteiger partial charge >= 0.3 is 6.09 Å². The number of hydrogen-bond acceptors (Lipinski definition) is 3. The molecule has 1 aromatic rings. The minimum Gasteiger partial charge on any atom is -0.439 e. The standard InChI is InChI=1S/C11H13ClN2O3/c12-9-4-2-1-3-8(9)5-6-14-11(16)17-7-10(13)15/h1-4H,5-7H2,(H2,13,15)(H,14,16). The third-order valence-corrected chi connectivity index (χ3v) is 2.34. The molecule has 0 radical (unpaired) electrons. The molecule has 0 atom stereocenters. The highest BCUT2D eigenvalue weighted by Crippen LogP contribution is 2.14. The zero-order valence-corrected chi connectivity index (χ0v) is 9.87. The number of nitrogens with one attached hydrogen (secondary N) is 1. The van der Waals surface area contributed by atoms with Crippen LogP contribution in [0.2, 0.25) is 5.02 Å². The molecule has 0 fully saturated rings. The van der Waals surface area contributed by atoms with Crippen molar-refractivity contribution in [3.05, 3.63) is 34.9 Å². The molecule has 17 heavy (non-hydrogen) atoms. The van der Waals surface area contributed by atoms with Gasteiger partial charge in [-0.2, -0.15) is 0 Å². The summed E-state index contributed by atoms with van der Waals surface area (Å²) < 4.78 is 4.51. The summed E-state index contributed by atoms with van der Waals surface area (Å²) in [4.78, 5) is 21.4. The van der Waals surface area contributed by atoms with Gasteiger partial charge < -0.3 is 15.8 Å². The maximum absolute atomic E-state index is 11.0. The maximum atomic E-state index is 11.0. The molecule has 0 saturated heterocycles. The highest BCUT2D eigenvalue weighted by Gasteiger charge is 2.04. The zero-order chi connectivity index (χ0) is 12.7. The van der Waals surface area contributed by atoms with Gasteiger partial charge in [0.1, 0.15) is 0 Å². The van der Waals surface area contributed by atoms with E-state index in [-0.39, 0.29) is 0 Å². The highest BCUT2D eigenvalue weighted by molar-refractivity contribution is 6.31. The lowest BCUT2D eigenvalue weighted by Crippen LogP contribution is -2.30. The second kappa shape index (κ2) is 6.75. The predicted octanol–water partition coefficient (Wildman–Crippen LogP) is 1.09. The van der Waals surface area contributed by atoms with Gasteiger partial charge in [0, 0.05) is 11.6 Å². The zero-order valence-electron chi connectivity index (χ0n) is 9.11. The molecule has 0 aliphatic rings. The van der Waals surface area contributed by atoms with Crippen LogP contribution in [0, 0.1) is 0 Å². The Morgan fingerprint density at radius 1 is 1.35 bits per heavy atom. The van der Waals surface area contributed by atoms with Crippen LogP contribution < -0.4 is 11.1 Å². The van der Waals surface area contributed by atoms with Gasteiger partial charge in [-0.05, 0) is 18.1 Å². The molecule has 3 N–H and O–H groups in total. The van der Waals surface area contributed by atoms with Crippen molar-refractivity contribution in [2.24, 2.45) is 5.73 Å². The van der Waals surface area contributed by atoms with E-state index < -0.39 is 18.6 Å². The van der Waals surface area contributed by atoms with Gasteiger partial charge in [0.2, 0.25) is 0 Å². The number of amides is 2. The van der Waals surface area contributed by atoms with Gasteiger partial charge in [0.15, 0.2) is 6.61 Å². The van der Waals surface area contributed by atoms with Gasteiger partial charge in [-0.25, -0.2) is 4.79 Å². The van der Waals surface area contributed by atoms with Crippen LogP contribution in [0.4, 0.5) is 4.79 Å². The molecule has 0 aliphatic carbocycles. The van der Waals surface area contributed by atoms with Crippen LogP contribution in [-0.2, 0) is 16.0 Å². The molecule has 1 rings (SSSR count). The summed E-state index contributed by atoms with van der Waals surface area (Å²) in [5.74, 6) is -0.689. The van der Waals surface area contributed by atoms with Gasteiger partial charge in [-0.15, -0.1) is 0 Å². The first-order valence-electron chi connectivity index (χ1n) is 5.02. The Hall–Kier alpha value is -1.75. The average Bonchev–Trinajstić information content (AvgIpc) is 2.29. The van der Waals surface area contributed by atoms with Gasteiger partial charge in [-0.3, -0.25) is 4.79 Å². The molecule has 0 spiro atoms. The second-order valence-electron chi connectivity index (χ2n) is 3.31. The molecule has 0 unspecified atom stereocenters. The number of nitrogens with two attached hydrogens (primary N) is 1. The van der Waals surface area contributed by atoms with Crippen LogP contribution in [0.15, 0.2) is 24.3 Å². The van der Waals surface area contributed by atoms with Crippen LogP contribution in [-0.4, -0.2) is 25.2 Å². The van der Waals surface area contributed by atoms with E-state index in [1.807, 2.05) is 18.2 Å². The van der Waals surface area contributed by atoms with Crippen molar-refractivity contribution in [3.8, 4) is 0 Å². The van der Waals surface area contributed by atoms with E-state index in [0.29, 0.717) is 18.0 Å². The molecule has 2 amide bonds. The van der Waals surface area contributed by atoms with Crippen molar-refractivity contribution in [2.45, 2.75) is 6.42 Å². The molecule has 0 aromatic heterocycles. The average molecular weight is 257 g/mol. The number of hydrogen-bond donors (Lipinski definition) is 2. The Morgan fingerprint density at radius 2 is 2.06 bits per heavy atom. The number of benzene rings is 1. The fourth-order valence-corrected chi connectivity index (χ4v) is 1.42. The van der Waals surface area contributed by atoms with E-state index in [4.69, 9.17) is 17.3 Å². The van der Waals surface area contributed by atoms with Crippen LogP contribution in [0.3, 0.4) is 0 Å². The molecule has 0 aliphatic heterocycles. The van der Waals surface area contributed by atoms with Crippen molar-refractivity contribution in [1.82, 2.24) is 5.32 Å². The SMILES string of the molecule is NC(=O)COC(=O)NCCc1ccccc1Cl. The number of primary amides is 1. The Balaban J connectivity index is 2.26. The quantitative estimate of drug-likeness (QED) is 0.828. The van der Waals surface area contributed by atoms with Gasteiger partial charge in [-0.1, -0.05) is 29.8 Å². The first kappa shape index (κ1) is 13.3. The van der Waals surface area contributed by atoms with E-state index in [1.54, 1.807) is 6.07 Å². The first-order chi connectivity index (χ1) is 8.09. The summed E-state index contributed by atoms with van der Waals surface area (Å²) in [6.07, 6.45) is -0.0819. The van der Waals surface area contributed by atoms with Crippen LogP contribution in [0.5, 0.6) is 0 Å². The second-order valence-corrected chi connectivity index (χ2v) is 3.72. The third-order valence-electron chi connectivity index (χ3n) is 1.97. The number of carbonyl (C=O) groups excluding carboxylic acids is 2. The Morgan fingerprint density at radius 3 is 2.71 bits per heavy atom. The number of halogens is 1. The summed E-state index contributed by atoms with van der Waals surface area (Å²) in [6, 6.07) is 7.36. The van der Waals surface area contributed by atoms with Crippen molar-refractivity contribution < 1.29 is 14.3 Å². The molecular formula is C11H13ClN2O3. The van der Waals surface area contributed by atoms with Crippen molar-refractivity contribution in [2.75, 3.05) is 13.2 Å². The maximum Gasteiger partial charge on any atom is 0.407 e. The predicted molar refractivity (Wildman–Crippen MR) is 63.7 cm³/mol. The molecule has 5 nitrogen and oxygen atoms in total. The minimum absolute atomic E-state index is 0.376. The van der Waals surface area contributed by atoms with E-state index in [9.17, 15) is 9.59 Å². The summed E-state index contributed by atoms with van der Waals surface area (Å²) in [6.45, 7) is -0.0424. The van der Waals surface area contributed by atoms with Crippen LogP contribution >= 0.6 is 11.6 Å². The fourth-order valence-electron chi connectivity index (χ4n) is 1.19. The number of ether oxygens (including phenoxy) is 1. The summed E-state index contributed by atoms with van der Waals surface area (Å²) in [5.41, 5.74) is 5.75. The normalized spacial score (nSPS) is 9.71. The van der Waals surface area contributed by atoms with Crippen LogP contribution in [0.1, 0.15) is 5.56 Å². The molecule has 0 saturated carbocycles.